The Hall–Kier alpha value is -1.52. The minimum absolute atomic E-state index is 0.0157. The van der Waals surface area contributed by atoms with Gasteiger partial charge in [-0.25, -0.2) is 9.29 Å². The topological polar surface area (TPSA) is 290 Å². The second-order valence-corrected chi connectivity index (χ2v) is 10.3. The lowest BCUT2D eigenvalue weighted by Gasteiger charge is -2.37. The number of aliphatic hydroxyl groups is 1. The van der Waals surface area contributed by atoms with Crippen LogP contribution in [0.3, 0.4) is 0 Å². The van der Waals surface area contributed by atoms with Crippen molar-refractivity contribution in [1.82, 2.24) is 19.5 Å². The molecule has 5 atom stereocenters. The summed E-state index contributed by atoms with van der Waals surface area (Å²) in [7, 11) is -18.0. The predicted octanol–water partition coefficient (Wildman–Crippen LogP) is -3.83. The average molecular weight is 503 g/mol. The van der Waals surface area contributed by atoms with Crippen LogP contribution < -0.4 is 30.9 Å². The largest absolute Gasteiger partial charge is 0.790 e. The Balaban J connectivity index is 1.67. The minimum Gasteiger partial charge on any atom is -0.790 e. The molecule has 4 N–H and O–H groups in total. The highest BCUT2D eigenvalue weighted by Crippen LogP contribution is 2.60. The van der Waals surface area contributed by atoms with Crippen molar-refractivity contribution in [3.05, 3.63) is 16.7 Å². The zero-order chi connectivity index (χ0) is 23.2. The zero-order valence-corrected chi connectivity index (χ0v) is 17.5. The molecule has 0 saturated carbocycles. The molecule has 1 saturated heterocycles. The Kier molecular flexibility index (Phi) is 6.57. The number of ether oxygens (including phenoxy) is 1. The zero-order valence-electron chi connectivity index (χ0n) is 14.8. The van der Waals surface area contributed by atoms with Gasteiger partial charge in [0.2, 0.25) is 5.95 Å². The molecule has 3 heterocycles. The van der Waals surface area contributed by atoms with E-state index in [0.717, 1.165) is 0 Å². The quantitative estimate of drug-likeness (QED) is 0.291. The first-order chi connectivity index (χ1) is 14.2. The highest BCUT2D eigenvalue weighted by atomic mass is 31.3. The summed E-state index contributed by atoms with van der Waals surface area (Å²) >= 11 is 0. The van der Waals surface area contributed by atoms with E-state index in [4.69, 9.17) is 10.5 Å². The van der Waals surface area contributed by atoms with Crippen LogP contribution in [-0.2, 0) is 31.6 Å². The Morgan fingerprint density at radius 3 is 2.58 bits per heavy atom. The third-order valence-corrected chi connectivity index (χ3v) is 7.43. The lowest BCUT2D eigenvalue weighted by atomic mass is 10.2. The molecule has 31 heavy (non-hydrogen) atoms. The van der Waals surface area contributed by atoms with Crippen LogP contribution in [-0.4, -0.2) is 43.4 Å². The minimum atomic E-state index is -6.12. The van der Waals surface area contributed by atoms with Crippen LogP contribution in [0.2, 0.25) is 0 Å². The molecule has 18 nitrogen and oxygen atoms in total. The molecule has 174 valence electrons. The summed E-state index contributed by atoms with van der Waals surface area (Å²) in [6.07, 6.45) is -2.64. The van der Waals surface area contributed by atoms with Crippen LogP contribution in [0.25, 0.3) is 11.2 Å². The SMILES string of the molecule is Nc1nc2c(ncn2[C@H]2C[C@H](O)[C@@H](COP(=O)([O-])OP(=O)([O-])OP(=O)([O-])[O-])O2)c(=O)[nH]1. The normalized spacial score (nSPS) is 26.0. The van der Waals surface area contributed by atoms with E-state index in [0.29, 0.717) is 0 Å². The molecule has 1 aliphatic heterocycles. The Morgan fingerprint density at radius 1 is 1.26 bits per heavy atom. The van der Waals surface area contributed by atoms with E-state index in [1.807, 2.05) is 0 Å². The van der Waals surface area contributed by atoms with Gasteiger partial charge in [-0.05, 0) is 0 Å². The number of aromatic nitrogens is 4. The molecular weight excluding hydrogens is 491 g/mol. The highest BCUT2D eigenvalue weighted by Gasteiger charge is 2.37. The third-order valence-electron chi connectivity index (χ3n) is 3.76. The number of phosphoric ester groups is 1. The number of nitrogen functional groups attached to an aromatic ring is 1. The number of imidazole rings is 1. The van der Waals surface area contributed by atoms with Gasteiger partial charge in [-0.15, -0.1) is 0 Å². The molecule has 0 spiro atoms. The Bertz CT molecular complexity index is 1170. The fourth-order valence-electron chi connectivity index (χ4n) is 2.64. The number of fused-ring (bicyclic) bond motifs is 1. The molecule has 0 bridgehead atoms. The van der Waals surface area contributed by atoms with Crippen molar-refractivity contribution in [3.8, 4) is 0 Å². The first-order valence-corrected chi connectivity index (χ1v) is 12.3. The molecule has 2 unspecified atom stereocenters. The number of nitrogens with two attached hydrogens (primary N) is 1. The third kappa shape index (κ3) is 6.04. The Morgan fingerprint density at radius 2 is 1.94 bits per heavy atom. The van der Waals surface area contributed by atoms with E-state index < -0.39 is 54.1 Å². The summed E-state index contributed by atoms with van der Waals surface area (Å²) in [5, 5.41) is 10.1. The van der Waals surface area contributed by atoms with Gasteiger partial charge in [-0.2, -0.15) is 4.98 Å². The van der Waals surface area contributed by atoms with Crippen molar-refractivity contribution in [2.45, 2.75) is 24.9 Å². The number of aliphatic hydroxyl groups excluding tert-OH is 1. The smallest absolute Gasteiger partial charge is 0.280 e. The first kappa shape index (κ1) is 24.1. The molecule has 1 aliphatic rings. The van der Waals surface area contributed by atoms with E-state index in [-0.39, 0.29) is 23.5 Å². The van der Waals surface area contributed by atoms with E-state index in [1.54, 1.807) is 0 Å². The van der Waals surface area contributed by atoms with Crippen molar-refractivity contribution >= 4 is 40.6 Å². The summed E-state index contributed by atoms with van der Waals surface area (Å²) in [5.74, 6) is -0.216. The summed E-state index contributed by atoms with van der Waals surface area (Å²) < 4.78 is 50.4. The van der Waals surface area contributed by atoms with Gasteiger partial charge in [0.25, 0.3) is 21.2 Å². The number of hydrogen-bond acceptors (Lipinski definition) is 16. The number of hydrogen-bond donors (Lipinski definition) is 3. The van der Waals surface area contributed by atoms with Crippen molar-refractivity contribution < 1.29 is 56.3 Å². The molecule has 2 aromatic heterocycles. The van der Waals surface area contributed by atoms with Crippen LogP contribution in [0.15, 0.2) is 11.1 Å². The molecule has 0 aliphatic carbocycles. The number of anilines is 1. The summed E-state index contributed by atoms with van der Waals surface area (Å²) in [6, 6.07) is 0. The molecular formula is C10H12N5O13P3-4. The van der Waals surface area contributed by atoms with Gasteiger partial charge in [0.1, 0.15) is 12.3 Å². The summed E-state index contributed by atoms with van der Waals surface area (Å²) in [5.41, 5.74) is 4.78. The second kappa shape index (κ2) is 8.44. The standard InChI is InChI=1S/C10H16N5O13P3/c11-10-13-8-7(9(17)14-10)12-3-15(8)6-1-4(16)5(26-6)2-25-30(21,22)28-31(23,24)27-29(18,19)20/h3-6,16H,1-2H2,(H,21,22)(H,23,24)(H2,18,19,20)(H3,11,13,14,17)/p-4/t4-,5+,6+/m0/s1. The van der Waals surface area contributed by atoms with Gasteiger partial charge in [-0.3, -0.25) is 27.8 Å². The van der Waals surface area contributed by atoms with E-state index in [1.165, 1.54) is 10.9 Å². The average Bonchev–Trinajstić information content (AvgIpc) is 3.13. The maximum atomic E-state index is 11.8. The number of H-pyrrole nitrogens is 1. The van der Waals surface area contributed by atoms with Crippen molar-refractivity contribution in [3.63, 3.8) is 0 Å². The fourth-order valence-corrected chi connectivity index (χ4v) is 5.50. The van der Waals surface area contributed by atoms with Gasteiger partial charge < -0.3 is 44.2 Å². The number of rotatable bonds is 8. The van der Waals surface area contributed by atoms with Crippen LogP contribution in [0, 0.1) is 0 Å². The summed E-state index contributed by atoms with van der Waals surface area (Å²) in [6.45, 7) is -0.965. The maximum Gasteiger partial charge on any atom is 0.280 e. The summed E-state index contributed by atoms with van der Waals surface area (Å²) in [4.78, 5) is 65.1. The molecule has 3 rings (SSSR count). The van der Waals surface area contributed by atoms with Crippen LogP contribution in [0.4, 0.5) is 5.95 Å². The first-order valence-electron chi connectivity index (χ1n) is 7.93. The predicted molar refractivity (Wildman–Crippen MR) is 88.0 cm³/mol. The number of nitrogens with one attached hydrogen (secondary N) is 1. The second-order valence-electron chi connectivity index (χ2n) is 6.01. The van der Waals surface area contributed by atoms with Crippen molar-refractivity contribution in [2.75, 3.05) is 12.3 Å². The molecule has 1 fully saturated rings. The van der Waals surface area contributed by atoms with Gasteiger partial charge in [0.05, 0.1) is 26.9 Å². The lowest BCUT2D eigenvalue weighted by Crippen LogP contribution is -2.27. The molecule has 0 aromatic carbocycles. The van der Waals surface area contributed by atoms with Gasteiger partial charge >= 0.3 is 0 Å². The van der Waals surface area contributed by atoms with E-state index >= 15 is 0 Å². The Labute approximate surface area is 171 Å². The number of aromatic amines is 1. The highest BCUT2D eigenvalue weighted by molar-refractivity contribution is 7.64. The monoisotopic (exact) mass is 503 g/mol. The molecule has 21 heteroatoms. The van der Waals surface area contributed by atoms with Gasteiger partial charge in [0.15, 0.2) is 11.2 Å². The van der Waals surface area contributed by atoms with Crippen LogP contribution >= 0.6 is 23.5 Å². The maximum absolute atomic E-state index is 11.8. The number of nitrogens with zero attached hydrogens (tertiary/aromatic N) is 3. The van der Waals surface area contributed by atoms with Crippen LogP contribution in [0.1, 0.15) is 12.6 Å². The lowest BCUT2D eigenvalue weighted by molar-refractivity contribution is -0.339. The van der Waals surface area contributed by atoms with Crippen molar-refractivity contribution in [1.29, 1.82) is 0 Å². The van der Waals surface area contributed by atoms with Crippen molar-refractivity contribution in [2.24, 2.45) is 0 Å². The molecule has 0 amide bonds. The van der Waals surface area contributed by atoms with Crippen LogP contribution in [0.5, 0.6) is 0 Å². The van der Waals surface area contributed by atoms with E-state index in [9.17, 15) is 43.2 Å². The van der Waals surface area contributed by atoms with Gasteiger partial charge in [-0.1, -0.05) is 0 Å². The number of phosphoric acid groups is 3. The molecule has 0 radical (unpaired) electrons. The van der Waals surface area contributed by atoms with E-state index in [2.05, 4.69) is 28.1 Å². The fraction of sp³-hybridized carbons (Fsp3) is 0.500. The van der Waals surface area contributed by atoms with Gasteiger partial charge in [0, 0.05) is 6.42 Å². The molecule has 2 aromatic rings.